The van der Waals surface area contributed by atoms with E-state index in [1.165, 1.54) is 26.4 Å². The summed E-state index contributed by atoms with van der Waals surface area (Å²) in [5.41, 5.74) is 0.913. The van der Waals surface area contributed by atoms with Crippen molar-refractivity contribution < 1.29 is 19.4 Å². The Balaban J connectivity index is 3.04. The van der Waals surface area contributed by atoms with E-state index < -0.39 is 6.29 Å². The zero-order valence-corrected chi connectivity index (χ0v) is 8.06. The quantitative estimate of drug-likeness (QED) is 0.585. The van der Waals surface area contributed by atoms with Crippen molar-refractivity contribution in [3.8, 4) is 5.75 Å². The van der Waals surface area contributed by atoms with Crippen LogP contribution in [-0.2, 0) is 9.47 Å². The van der Waals surface area contributed by atoms with Crippen LogP contribution in [0.15, 0.2) is 18.2 Å². The first-order valence-electron chi connectivity index (χ1n) is 4.06. The molecule has 0 saturated carbocycles. The highest BCUT2D eigenvalue weighted by Crippen LogP contribution is 2.23. The summed E-state index contributed by atoms with van der Waals surface area (Å²) >= 11 is 0. The monoisotopic (exact) mass is 196 g/mol. The summed E-state index contributed by atoms with van der Waals surface area (Å²) < 4.78 is 10.0. The van der Waals surface area contributed by atoms with Crippen LogP contribution in [0.1, 0.15) is 22.2 Å². The molecule has 0 aliphatic rings. The Kier molecular flexibility index (Phi) is 3.62. The van der Waals surface area contributed by atoms with Crippen LogP contribution in [0.2, 0.25) is 0 Å². The number of carbonyl (C=O) groups is 1. The molecule has 1 aromatic rings. The molecular weight excluding hydrogens is 184 g/mol. The maximum absolute atomic E-state index is 10.5. The number of methoxy groups -OCH3 is 2. The zero-order valence-electron chi connectivity index (χ0n) is 8.06. The number of benzene rings is 1. The topological polar surface area (TPSA) is 55.8 Å². The van der Waals surface area contributed by atoms with Crippen molar-refractivity contribution in [2.45, 2.75) is 6.29 Å². The number of hydrogen-bond acceptors (Lipinski definition) is 4. The van der Waals surface area contributed by atoms with E-state index in [1.807, 2.05) is 0 Å². The van der Waals surface area contributed by atoms with Gasteiger partial charge in [-0.15, -0.1) is 0 Å². The Morgan fingerprint density at radius 3 is 2.50 bits per heavy atom. The second-order valence-corrected chi connectivity index (χ2v) is 2.74. The maximum atomic E-state index is 10.5. The van der Waals surface area contributed by atoms with Gasteiger partial charge in [-0.05, 0) is 12.1 Å². The molecule has 0 spiro atoms. The lowest BCUT2D eigenvalue weighted by molar-refractivity contribution is -0.106. The highest BCUT2D eigenvalue weighted by molar-refractivity contribution is 5.79. The molecule has 0 aliphatic heterocycles. The normalized spacial score (nSPS) is 10.5. The van der Waals surface area contributed by atoms with Crippen LogP contribution in [0.3, 0.4) is 0 Å². The molecule has 0 fully saturated rings. The molecule has 0 atom stereocenters. The van der Waals surface area contributed by atoms with Crippen molar-refractivity contribution in [1.29, 1.82) is 0 Å². The molecule has 14 heavy (non-hydrogen) atoms. The van der Waals surface area contributed by atoms with Crippen molar-refractivity contribution in [1.82, 2.24) is 0 Å². The Morgan fingerprint density at radius 1 is 1.36 bits per heavy atom. The zero-order chi connectivity index (χ0) is 10.6. The molecule has 0 aliphatic carbocycles. The molecule has 1 rings (SSSR count). The van der Waals surface area contributed by atoms with Crippen molar-refractivity contribution >= 4 is 6.29 Å². The van der Waals surface area contributed by atoms with Crippen molar-refractivity contribution in [3.05, 3.63) is 29.3 Å². The highest BCUT2D eigenvalue weighted by Gasteiger charge is 2.10. The summed E-state index contributed by atoms with van der Waals surface area (Å²) in [7, 11) is 3.00. The van der Waals surface area contributed by atoms with E-state index >= 15 is 0 Å². The highest BCUT2D eigenvalue weighted by atomic mass is 16.7. The molecule has 0 heterocycles. The van der Waals surface area contributed by atoms with Crippen LogP contribution in [0.4, 0.5) is 0 Å². The molecule has 0 radical (unpaired) electrons. The minimum atomic E-state index is -0.519. The van der Waals surface area contributed by atoms with E-state index in [0.29, 0.717) is 11.8 Å². The van der Waals surface area contributed by atoms with Gasteiger partial charge in [0.15, 0.2) is 12.6 Å². The number of rotatable bonds is 4. The van der Waals surface area contributed by atoms with Gasteiger partial charge in [-0.2, -0.15) is 0 Å². The van der Waals surface area contributed by atoms with Gasteiger partial charge in [0.2, 0.25) is 0 Å². The predicted octanol–water partition coefficient (Wildman–Crippen LogP) is 1.50. The first kappa shape index (κ1) is 10.7. The smallest absolute Gasteiger partial charge is 0.183 e. The molecule has 1 N–H and O–H groups in total. The standard InChI is InChI=1S/C10H12O4/c1-13-10(14-2)7-3-4-9(12)8(5-7)6-11/h3-6,10,12H,1-2H3. The molecule has 0 amide bonds. The van der Waals surface area contributed by atoms with Crippen LogP contribution in [0.25, 0.3) is 0 Å². The minimum Gasteiger partial charge on any atom is -0.507 e. The molecule has 4 heteroatoms. The number of aldehydes is 1. The number of aromatic hydroxyl groups is 1. The van der Waals surface area contributed by atoms with E-state index in [9.17, 15) is 9.90 Å². The van der Waals surface area contributed by atoms with E-state index in [2.05, 4.69) is 0 Å². The molecule has 0 unspecified atom stereocenters. The average Bonchev–Trinajstić information content (AvgIpc) is 2.22. The van der Waals surface area contributed by atoms with E-state index in [4.69, 9.17) is 9.47 Å². The van der Waals surface area contributed by atoms with Crippen LogP contribution >= 0.6 is 0 Å². The third kappa shape index (κ3) is 2.10. The third-order valence-electron chi connectivity index (χ3n) is 1.88. The van der Waals surface area contributed by atoms with Gasteiger partial charge >= 0.3 is 0 Å². The van der Waals surface area contributed by atoms with Crippen molar-refractivity contribution in [2.75, 3.05) is 14.2 Å². The fourth-order valence-electron chi connectivity index (χ4n) is 1.18. The Hall–Kier alpha value is -1.39. The summed E-state index contributed by atoms with van der Waals surface area (Å²) in [5, 5.41) is 9.25. The lowest BCUT2D eigenvalue weighted by Crippen LogP contribution is -2.03. The van der Waals surface area contributed by atoms with Crippen LogP contribution in [0, 0.1) is 0 Å². The lowest BCUT2D eigenvalue weighted by atomic mass is 10.1. The SMILES string of the molecule is COC(OC)c1ccc(O)c(C=O)c1. The fourth-order valence-corrected chi connectivity index (χ4v) is 1.18. The maximum Gasteiger partial charge on any atom is 0.183 e. The van der Waals surface area contributed by atoms with Gasteiger partial charge in [0.25, 0.3) is 0 Å². The van der Waals surface area contributed by atoms with Gasteiger partial charge in [-0.3, -0.25) is 4.79 Å². The van der Waals surface area contributed by atoms with Gasteiger partial charge in [-0.25, -0.2) is 0 Å². The molecule has 0 saturated heterocycles. The Morgan fingerprint density at radius 2 is 2.00 bits per heavy atom. The number of phenols is 1. The first-order chi connectivity index (χ1) is 6.72. The van der Waals surface area contributed by atoms with Gasteiger partial charge < -0.3 is 14.6 Å². The summed E-state index contributed by atoms with van der Waals surface area (Å²) in [5.74, 6) is -0.0466. The second-order valence-electron chi connectivity index (χ2n) is 2.74. The summed E-state index contributed by atoms with van der Waals surface area (Å²) in [6.45, 7) is 0. The Bertz CT molecular complexity index is 318. The van der Waals surface area contributed by atoms with Gasteiger partial charge in [0.05, 0.1) is 5.56 Å². The summed E-state index contributed by atoms with van der Waals surface area (Å²) in [6, 6.07) is 4.60. The van der Waals surface area contributed by atoms with Crippen molar-refractivity contribution in [2.24, 2.45) is 0 Å². The van der Waals surface area contributed by atoms with Gasteiger partial charge in [0.1, 0.15) is 5.75 Å². The fraction of sp³-hybridized carbons (Fsp3) is 0.300. The summed E-state index contributed by atoms with van der Waals surface area (Å²) in [6.07, 6.45) is 0.0654. The van der Waals surface area contributed by atoms with E-state index in [-0.39, 0.29) is 11.3 Å². The largest absolute Gasteiger partial charge is 0.507 e. The van der Waals surface area contributed by atoms with E-state index in [1.54, 1.807) is 6.07 Å². The van der Waals surface area contributed by atoms with Crippen LogP contribution in [0.5, 0.6) is 5.75 Å². The Labute approximate surface area is 82.1 Å². The first-order valence-corrected chi connectivity index (χ1v) is 4.06. The molecule has 4 nitrogen and oxygen atoms in total. The number of phenolic OH excluding ortho intramolecular Hbond substituents is 1. The number of carbonyl (C=O) groups excluding carboxylic acids is 1. The molecule has 1 aromatic carbocycles. The molecule has 0 bridgehead atoms. The number of ether oxygens (including phenoxy) is 2. The van der Waals surface area contributed by atoms with Crippen molar-refractivity contribution in [3.63, 3.8) is 0 Å². The third-order valence-corrected chi connectivity index (χ3v) is 1.88. The molecular formula is C10H12O4. The number of hydrogen-bond donors (Lipinski definition) is 1. The lowest BCUT2D eigenvalue weighted by Gasteiger charge is -2.13. The van der Waals surface area contributed by atoms with Crippen LogP contribution < -0.4 is 0 Å². The van der Waals surface area contributed by atoms with Gasteiger partial charge in [0, 0.05) is 19.8 Å². The molecule has 0 aromatic heterocycles. The summed E-state index contributed by atoms with van der Waals surface area (Å²) in [4.78, 5) is 10.5. The molecule has 76 valence electrons. The van der Waals surface area contributed by atoms with E-state index in [0.717, 1.165) is 0 Å². The predicted molar refractivity (Wildman–Crippen MR) is 50.3 cm³/mol. The van der Waals surface area contributed by atoms with Crippen LogP contribution in [-0.4, -0.2) is 25.6 Å². The average molecular weight is 196 g/mol. The second kappa shape index (κ2) is 4.74. The minimum absolute atomic E-state index is 0.0466. The van der Waals surface area contributed by atoms with Gasteiger partial charge in [-0.1, -0.05) is 6.07 Å².